The van der Waals surface area contributed by atoms with Gasteiger partial charge in [-0.15, -0.1) is 0 Å². The fourth-order valence-electron chi connectivity index (χ4n) is 4.04. The normalized spacial score (nSPS) is 14.8. The molecule has 0 bridgehead atoms. The lowest BCUT2D eigenvalue weighted by molar-refractivity contribution is 0.0626. The number of piperazine rings is 1. The van der Waals surface area contributed by atoms with Gasteiger partial charge in [-0.1, -0.05) is 30.3 Å². The maximum atomic E-state index is 13.2. The number of aromatic nitrogens is 1. The molecule has 1 aromatic heterocycles. The summed E-state index contributed by atoms with van der Waals surface area (Å²) >= 11 is 0. The molecule has 0 aliphatic carbocycles. The molecule has 30 heavy (non-hydrogen) atoms. The smallest absolute Gasteiger partial charge is 0.259 e. The van der Waals surface area contributed by atoms with Gasteiger partial charge in [-0.25, -0.2) is 0 Å². The Kier molecular flexibility index (Phi) is 5.86. The number of fused-ring (bicyclic) bond motifs is 1. The molecule has 6 nitrogen and oxygen atoms in total. The van der Waals surface area contributed by atoms with Crippen molar-refractivity contribution in [2.24, 2.45) is 0 Å². The molecule has 2 heterocycles. The molecule has 1 aliphatic heterocycles. The molecule has 0 N–H and O–H groups in total. The van der Waals surface area contributed by atoms with Crippen LogP contribution in [0.25, 0.3) is 10.9 Å². The third kappa shape index (κ3) is 3.96. The molecule has 0 spiro atoms. The standard InChI is InChI=1S/C24H27N3O3/c1-3-26-17-21(23(28)20-15-19(30-2)9-10-22(20)26)24(29)27-13-11-25(12-14-27)16-18-7-5-4-6-8-18/h4-10,15,17H,3,11-14,16H2,1-2H3. The van der Waals surface area contributed by atoms with E-state index < -0.39 is 0 Å². The molecular formula is C24H27N3O3. The summed E-state index contributed by atoms with van der Waals surface area (Å²) in [7, 11) is 1.57. The highest BCUT2D eigenvalue weighted by Crippen LogP contribution is 2.20. The molecule has 3 aromatic rings. The summed E-state index contributed by atoms with van der Waals surface area (Å²) in [5.74, 6) is 0.424. The number of ether oxygens (including phenoxy) is 1. The summed E-state index contributed by atoms with van der Waals surface area (Å²) in [6.45, 7) is 6.38. The molecule has 0 radical (unpaired) electrons. The molecule has 1 saturated heterocycles. The van der Waals surface area contributed by atoms with Gasteiger partial charge in [0.25, 0.3) is 5.91 Å². The highest BCUT2D eigenvalue weighted by Gasteiger charge is 2.25. The molecule has 4 rings (SSSR count). The number of rotatable bonds is 5. The van der Waals surface area contributed by atoms with E-state index >= 15 is 0 Å². The molecule has 1 aliphatic rings. The fraction of sp³-hybridized carbons (Fsp3) is 0.333. The van der Waals surface area contributed by atoms with Crippen LogP contribution in [0.4, 0.5) is 0 Å². The predicted octanol–water partition coefficient (Wildman–Crippen LogP) is 2.99. The third-order valence-electron chi connectivity index (χ3n) is 5.77. The van der Waals surface area contributed by atoms with E-state index in [0.29, 0.717) is 30.8 Å². The highest BCUT2D eigenvalue weighted by molar-refractivity contribution is 5.97. The molecule has 1 fully saturated rings. The largest absolute Gasteiger partial charge is 0.497 e. The minimum Gasteiger partial charge on any atom is -0.497 e. The van der Waals surface area contributed by atoms with Crippen LogP contribution in [0, 0.1) is 0 Å². The van der Waals surface area contributed by atoms with Crippen LogP contribution in [-0.2, 0) is 13.1 Å². The minimum absolute atomic E-state index is 0.189. The maximum absolute atomic E-state index is 13.2. The summed E-state index contributed by atoms with van der Waals surface area (Å²) < 4.78 is 7.23. The van der Waals surface area contributed by atoms with Gasteiger partial charge in [0, 0.05) is 45.5 Å². The van der Waals surface area contributed by atoms with Crippen molar-refractivity contribution in [3.8, 4) is 5.75 Å². The summed E-state index contributed by atoms with van der Waals surface area (Å²) in [5.41, 5.74) is 2.08. The summed E-state index contributed by atoms with van der Waals surface area (Å²) in [4.78, 5) is 30.5. The number of methoxy groups -OCH3 is 1. The molecular weight excluding hydrogens is 378 g/mol. The zero-order chi connectivity index (χ0) is 21.1. The second-order valence-electron chi connectivity index (χ2n) is 7.59. The Bertz CT molecular complexity index is 1100. The average Bonchev–Trinajstić information content (AvgIpc) is 2.80. The quantitative estimate of drug-likeness (QED) is 0.655. The lowest BCUT2D eigenvalue weighted by atomic mass is 10.1. The third-order valence-corrected chi connectivity index (χ3v) is 5.77. The lowest BCUT2D eigenvalue weighted by Crippen LogP contribution is -2.49. The second kappa shape index (κ2) is 8.71. The topological polar surface area (TPSA) is 54.8 Å². The predicted molar refractivity (Wildman–Crippen MR) is 118 cm³/mol. The van der Waals surface area contributed by atoms with Gasteiger partial charge in [0.1, 0.15) is 11.3 Å². The Hall–Kier alpha value is -3.12. The van der Waals surface area contributed by atoms with E-state index in [9.17, 15) is 9.59 Å². The van der Waals surface area contributed by atoms with Gasteiger partial charge in [0.2, 0.25) is 5.43 Å². The summed E-state index contributed by atoms with van der Waals surface area (Å²) in [6.07, 6.45) is 1.70. The van der Waals surface area contributed by atoms with Crippen LogP contribution < -0.4 is 10.2 Å². The first-order valence-electron chi connectivity index (χ1n) is 10.4. The number of nitrogens with zero attached hydrogens (tertiary/aromatic N) is 3. The van der Waals surface area contributed by atoms with Crippen LogP contribution in [0.5, 0.6) is 5.75 Å². The zero-order valence-electron chi connectivity index (χ0n) is 17.5. The van der Waals surface area contributed by atoms with Gasteiger partial charge in [0.15, 0.2) is 0 Å². The van der Waals surface area contributed by atoms with Crippen molar-refractivity contribution >= 4 is 16.8 Å². The van der Waals surface area contributed by atoms with Crippen LogP contribution in [-0.4, -0.2) is 53.6 Å². The van der Waals surface area contributed by atoms with Gasteiger partial charge in [-0.3, -0.25) is 14.5 Å². The van der Waals surface area contributed by atoms with Crippen molar-refractivity contribution < 1.29 is 9.53 Å². The Balaban J connectivity index is 1.55. The summed E-state index contributed by atoms with van der Waals surface area (Å²) in [6, 6.07) is 15.8. The fourth-order valence-corrected chi connectivity index (χ4v) is 4.04. The number of amides is 1. The van der Waals surface area contributed by atoms with E-state index in [1.54, 1.807) is 24.3 Å². The first-order valence-corrected chi connectivity index (χ1v) is 10.4. The van der Waals surface area contributed by atoms with Crippen molar-refractivity contribution in [2.75, 3.05) is 33.3 Å². The Morgan fingerprint density at radius 2 is 1.77 bits per heavy atom. The zero-order valence-corrected chi connectivity index (χ0v) is 17.5. The van der Waals surface area contributed by atoms with Crippen LogP contribution >= 0.6 is 0 Å². The Morgan fingerprint density at radius 3 is 2.43 bits per heavy atom. The number of benzene rings is 2. The van der Waals surface area contributed by atoms with Gasteiger partial charge in [0.05, 0.1) is 18.0 Å². The molecule has 6 heteroatoms. The number of aryl methyl sites for hydroxylation is 1. The minimum atomic E-state index is -0.231. The van der Waals surface area contributed by atoms with E-state index in [1.807, 2.05) is 41.8 Å². The molecule has 0 saturated carbocycles. The first-order chi connectivity index (χ1) is 14.6. The number of pyridine rings is 1. The molecule has 1 amide bonds. The van der Waals surface area contributed by atoms with E-state index in [2.05, 4.69) is 17.0 Å². The van der Waals surface area contributed by atoms with Crippen molar-refractivity contribution in [3.05, 3.63) is 76.1 Å². The van der Waals surface area contributed by atoms with Crippen molar-refractivity contribution in [3.63, 3.8) is 0 Å². The lowest BCUT2D eigenvalue weighted by Gasteiger charge is -2.34. The molecule has 156 valence electrons. The van der Waals surface area contributed by atoms with Crippen molar-refractivity contribution in [1.29, 1.82) is 0 Å². The van der Waals surface area contributed by atoms with Gasteiger partial charge in [-0.05, 0) is 30.7 Å². The van der Waals surface area contributed by atoms with Crippen LogP contribution in [0.1, 0.15) is 22.8 Å². The monoisotopic (exact) mass is 405 g/mol. The average molecular weight is 405 g/mol. The first kappa shape index (κ1) is 20.2. The molecule has 0 unspecified atom stereocenters. The molecule has 0 atom stereocenters. The van der Waals surface area contributed by atoms with Crippen molar-refractivity contribution in [1.82, 2.24) is 14.4 Å². The van der Waals surface area contributed by atoms with E-state index in [-0.39, 0.29) is 16.9 Å². The summed E-state index contributed by atoms with van der Waals surface area (Å²) in [5, 5.41) is 0.518. The number of carbonyl (C=O) groups excluding carboxylic acids is 1. The number of carbonyl (C=O) groups is 1. The van der Waals surface area contributed by atoms with Gasteiger partial charge in [-0.2, -0.15) is 0 Å². The van der Waals surface area contributed by atoms with Gasteiger partial charge < -0.3 is 14.2 Å². The van der Waals surface area contributed by atoms with Crippen LogP contribution in [0.3, 0.4) is 0 Å². The van der Waals surface area contributed by atoms with E-state index in [0.717, 1.165) is 25.2 Å². The SMILES string of the molecule is CCn1cc(C(=O)N2CCN(Cc3ccccc3)CC2)c(=O)c2cc(OC)ccc21. The highest BCUT2D eigenvalue weighted by atomic mass is 16.5. The van der Waals surface area contributed by atoms with E-state index in [1.165, 1.54) is 5.56 Å². The number of hydrogen-bond donors (Lipinski definition) is 0. The van der Waals surface area contributed by atoms with Crippen LogP contribution in [0.2, 0.25) is 0 Å². The Morgan fingerprint density at radius 1 is 1.03 bits per heavy atom. The van der Waals surface area contributed by atoms with Crippen LogP contribution in [0.15, 0.2) is 59.5 Å². The maximum Gasteiger partial charge on any atom is 0.259 e. The van der Waals surface area contributed by atoms with Crippen molar-refractivity contribution in [2.45, 2.75) is 20.0 Å². The second-order valence-corrected chi connectivity index (χ2v) is 7.59. The van der Waals surface area contributed by atoms with Gasteiger partial charge >= 0.3 is 0 Å². The molecule has 2 aromatic carbocycles. The number of hydrogen-bond acceptors (Lipinski definition) is 4. The van der Waals surface area contributed by atoms with E-state index in [4.69, 9.17) is 4.74 Å². The Labute approximate surface area is 176 Å².